The summed E-state index contributed by atoms with van der Waals surface area (Å²) >= 11 is 0. The summed E-state index contributed by atoms with van der Waals surface area (Å²) < 4.78 is 49.4. The molecule has 0 amide bonds. The van der Waals surface area contributed by atoms with E-state index in [9.17, 15) is 17.2 Å². The minimum absolute atomic E-state index is 0.0427. The van der Waals surface area contributed by atoms with E-state index in [1.165, 1.54) is 12.1 Å². The number of hydrogen-bond donors (Lipinski definition) is 1. The zero-order valence-electron chi connectivity index (χ0n) is 12.4. The lowest BCUT2D eigenvalue weighted by Crippen LogP contribution is -2.31. The van der Waals surface area contributed by atoms with Crippen LogP contribution in [0.1, 0.15) is 18.9 Å². The average molecular weight is 320 g/mol. The lowest BCUT2D eigenvalue weighted by Gasteiger charge is -2.16. The van der Waals surface area contributed by atoms with Crippen molar-refractivity contribution in [1.82, 2.24) is 9.62 Å². The highest BCUT2D eigenvalue weighted by Crippen LogP contribution is 2.16. The van der Waals surface area contributed by atoms with Crippen molar-refractivity contribution in [2.45, 2.75) is 31.1 Å². The number of nitrogens with one attached hydrogen (secondary N) is 1. The number of halogens is 2. The average Bonchev–Trinajstić information content (AvgIpc) is 2.43. The fraction of sp³-hybridized carbons (Fsp3) is 0.571. The van der Waals surface area contributed by atoms with E-state index in [2.05, 4.69) is 5.32 Å². The van der Waals surface area contributed by atoms with E-state index in [0.717, 1.165) is 38.5 Å². The lowest BCUT2D eigenvalue weighted by molar-refractivity contribution is 0.126. The van der Waals surface area contributed by atoms with Crippen molar-refractivity contribution < 1.29 is 17.2 Å². The van der Waals surface area contributed by atoms with Gasteiger partial charge in [-0.25, -0.2) is 17.2 Å². The standard InChI is InChI=1S/C14H22F2N2O2S/c1-3-17-10-4-5-12-6-8-13(9-7-12)21(19,20)18(2)11-14(15)16/h6-9,14,17H,3-5,10-11H2,1-2H3. The predicted molar refractivity (Wildman–Crippen MR) is 79.1 cm³/mol. The predicted octanol–water partition coefficient (Wildman–Crippen LogP) is 2.11. The molecule has 0 saturated carbocycles. The van der Waals surface area contributed by atoms with E-state index in [1.54, 1.807) is 12.1 Å². The first-order valence-electron chi connectivity index (χ1n) is 6.92. The third-order valence-electron chi connectivity index (χ3n) is 3.10. The van der Waals surface area contributed by atoms with Crippen LogP contribution in [0.15, 0.2) is 29.2 Å². The van der Waals surface area contributed by atoms with Gasteiger partial charge in [-0.3, -0.25) is 0 Å². The van der Waals surface area contributed by atoms with Crippen molar-refractivity contribution in [1.29, 1.82) is 0 Å². The van der Waals surface area contributed by atoms with Crippen LogP contribution in [0, 0.1) is 0 Å². The Bertz CT molecular complexity index is 518. The number of benzene rings is 1. The summed E-state index contributed by atoms with van der Waals surface area (Å²) in [7, 11) is -2.68. The molecule has 4 nitrogen and oxygen atoms in total. The Kier molecular flexibility index (Phi) is 7.21. The molecule has 0 aliphatic rings. The summed E-state index contributed by atoms with van der Waals surface area (Å²) in [6.07, 6.45) is -0.874. The Morgan fingerprint density at radius 3 is 2.38 bits per heavy atom. The minimum atomic E-state index is -3.84. The molecular weight excluding hydrogens is 298 g/mol. The Labute approximate surface area is 125 Å². The molecule has 0 radical (unpaired) electrons. The van der Waals surface area contributed by atoms with Gasteiger partial charge in [0, 0.05) is 7.05 Å². The lowest BCUT2D eigenvalue weighted by atomic mass is 10.1. The molecule has 1 aromatic carbocycles. The van der Waals surface area contributed by atoms with Crippen molar-refractivity contribution >= 4 is 10.0 Å². The molecule has 0 aliphatic heterocycles. The molecule has 0 heterocycles. The summed E-state index contributed by atoms with van der Waals surface area (Å²) in [4.78, 5) is 0.0427. The topological polar surface area (TPSA) is 49.4 Å². The Morgan fingerprint density at radius 1 is 1.24 bits per heavy atom. The van der Waals surface area contributed by atoms with Crippen LogP contribution in [0.3, 0.4) is 0 Å². The molecule has 21 heavy (non-hydrogen) atoms. The first-order chi connectivity index (χ1) is 9.87. The maximum atomic E-state index is 12.3. The van der Waals surface area contributed by atoms with Crippen molar-refractivity contribution in [2.24, 2.45) is 0 Å². The maximum absolute atomic E-state index is 12.3. The van der Waals surface area contributed by atoms with Crippen LogP contribution in [0.5, 0.6) is 0 Å². The van der Waals surface area contributed by atoms with Gasteiger partial charge in [0.25, 0.3) is 6.43 Å². The Morgan fingerprint density at radius 2 is 1.86 bits per heavy atom. The smallest absolute Gasteiger partial charge is 0.252 e. The van der Waals surface area contributed by atoms with E-state index in [1.807, 2.05) is 6.92 Å². The zero-order valence-corrected chi connectivity index (χ0v) is 13.2. The van der Waals surface area contributed by atoms with Gasteiger partial charge >= 0.3 is 0 Å². The SMILES string of the molecule is CCNCCCc1ccc(S(=O)(=O)N(C)CC(F)F)cc1. The minimum Gasteiger partial charge on any atom is -0.317 e. The van der Waals surface area contributed by atoms with Crippen LogP contribution in [0.4, 0.5) is 8.78 Å². The molecule has 1 rings (SSSR count). The number of alkyl halides is 2. The van der Waals surface area contributed by atoms with E-state index in [4.69, 9.17) is 0 Å². The second-order valence-electron chi connectivity index (χ2n) is 4.78. The summed E-state index contributed by atoms with van der Waals surface area (Å²) in [6.45, 7) is 3.07. The zero-order chi connectivity index (χ0) is 15.9. The normalized spacial score (nSPS) is 12.3. The van der Waals surface area contributed by atoms with Gasteiger partial charge in [0.1, 0.15) is 0 Å². The van der Waals surface area contributed by atoms with E-state index >= 15 is 0 Å². The van der Waals surface area contributed by atoms with Gasteiger partial charge in [0.15, 0.2) is 0 Å². The molecular formula is C14H22F2N2O2S. The highest BCUT2D eigenvalue weighted by atomic mass is 32.2. The van der Waals surface area contributed by atoms with Crippen LogP contribution < -0.4 is 5.32 Å². The van der Waals surface area contributed by atoms with Gasteiger partial charge in [0.05, 0.1) is 11.4 Å². The Hall–Kier alpha value is -1.05. The number of hydrogen-bond acceptors (Lipinski definition) is 3. The number of nitrogens with zero attached hydrogens (tertiary/aromatic N) is 1. The molecule has 0 aliphatic carbocycles. The van der Waals surface area contributed by atoms with Crippen molar-refractivity contribution in [2.75, 3.05) is 26.7 Å². The molecule has 7 heteroatoms. The van der Waals surface area contributed by atoms with Gasteiger partial charge in [0.2, 0.25) is 10.0 Å². The summed E-state index contributed by atoms with van der Waals surface area (Å²) in [5, 5.41) is 3.21. The number of aryl methyl sites for hydroxylation is 1. The molecule has 120 valence electrons. The highest BCUT2D eigenvalue weighted by molar-refractivity contribution is 7.89. The number of rotatable bonds is 9. The molecule has 1 aromatic rings. The second-order valence-corrected chi connectivity index (χ2v) is 6.82. The third-order valence-corrected chi connectivity index (χ3v) is 4.93. The van der Waals surface area contributed by atoms with Crippen LogP contribution >= 0.6 is 0 Å². The summed E-state index contributed by atoms with van der Waals surface area (Å²) in [5.74, 6) is 0. The molecule has 1 N–H and O–H groups in total. The van der Waals surface area contributed by atoms with Crippen LogP contribution in [-0.4, -0.2) is 45.8 Å². The maximum Gasteiger partial charge on any atom is 0.252 e. The largest absolute Gasteiger partial charge is 0.317 e. The van der Waals surface area contributed by atoms with E-state index < -0.39 is 23.0 Å². The van der Waals surface area contributed by atoms with Crippen molar-refractivity contribution in [3.8, 4) is 0 Å². The molecule has 0 atom stereocenters. The van der Waals surface area contributed by atoms with E-state index in [0.29, 0.717) is 4.31 Å². The molecule has 0 fully saturated rings. The summed E-state index contributed by atoms with van der Waals surface area (Å²) in [5.41, 5.74) is 1.03. The second kappa shape index (κ2) is 8.41. The first-order valence-corrected chi connectivity index (χ1v) is 8.36. The van der Waals surface area contributed by atoms with Crippen LogP contribution in [-0.2, 0) is 16.4 Å². The monoisotopic (exact) mass is 320 g/mol. The van der Waals surface area contributed by atoms with Gasteiger partial charge in [-0.15, -0.1) is 0 Å². The molecule has 0 saturated heterocycles. The van der Waals surface area contributed by atoms with Gasteiger partial charge in [-0.2, -0.15) is 4.31 Å². The van der Waals surface area contributed by atoms with Gasteiger partial charge in [-0.1, -0.05) is 19.1 Å². The first kappa shape index (κ1) is 18.0. The van der Waals surface area contributed by atoms with Crippen LogP contribution in [0.2, 0.25) is 0 Å². The Balaban J connectivity index is 2.68. The molecule has 0 aromatic heterocycles. The molecule has 0 bridgehead atoms. The summed E-state index contributed by atoms with van der Waals surface area (Å²) in [6, 6.07) is 6.41. The van der Waals surface area contributed by atoms with Gasteiger partial charge < -0.3 is 5.32 Å². The van der Waals surface area contributed by atoms with Crippen LogP contribution in [0.25, 0.3) is 0 Å². The molecule has 0 spiro atoms. The third kappa shape index (κ3) is 5.68. The fourth-order valence-electron chi connectivity index (χ4n) is 1.89. The quantitative estimate of drug-likeness (QED) is 0.709. The van der Waals surface area contributed by atoms with Gasteiger partial charge in [-0.05, 0) is 43.6 Å². The number of sulfonamides is 1. The molecule has 0 unspecified atom stereocenters. The fourth-order valence-corrected chi connectivity index (χ4v) is 3.04. The van der Waals surface area contributed by atoms with Crippen molar-refractivity contribution in [3.63, 3.8) is 0 Å². The highest BCUT2D eigenvalue weighted by Gasteiger charge is 2.23. The van der Waals surface area contributed by atoms with E-state index in [-0.39, 0.29) is 4.90 Å². The van der Waals surface area contributed by atoms with Crippen molar-refractivity contribution in [3.05, 3.63) is 29.8 Å².